The number of rotatable bonds is 6. The van der Waals surface area contributed by atoms with E-state index in [0.717, 1.165) is 44.5 Å². The standard InChI is InChI=1S/C28H24O4/c1-18-16-22-17-24(31-3)13-14-25(22)27(26(18)21-7-5-4-6-8-21)32-23-11-9-20(10-12-23)15-19(2)28(29)30/h4-17H,1-3H3,(H,29,30)/b19-15+. The lowest BCUT2D eigenvalue weighted by Gasteiger charge is -2.18. The number of methoxy groups -OCH3 is 1. The number of hydrogen-bond donors (Lipinski definition) is 1. The molecule has 0 fully saturated rings. The fourth-order valence-corrected chi connectivity index (χ4v) is 3.74. The van der Waals surface area contributed by atoms with Crippen molar-refractivity contribution in [2.75, 3.05) is 7.11 Å². The molecule has 0 atom stereocenters. The average Bonchev–Trinajstić information content (AvgIpc) is 2.80. The topological polar surface area (TPSA) is 55.8 Å². The molecule has 0 aromatic heterocycles. The van der Waals surface area contributed by atoms with Crippen molar-refractivity contribution in [3.63, 3.8) is 0 Å². The van der Waals surface area contributed by atoms with Crippen molar-refractivity contribution in [1.29, 1.82) is 0 Å². The zero-order valence-electron chi connectivity index (χ0n) is 18.3. The molecular formula is C28H24O4. The van der Waals surface area contributed by atoms with Crippen molar-refractivity contribution in [2.45, 2.75) is 13.8 Å². The van der Waals surface area contributed by atoms with Crippen LogP contribution in [0.1, 0.15) is 18.1 Å². The highest BCUT2D eigenvalue weighted by molar-refractivity contribution is 5.97. The average molecular weight is 424 g/mol. The van der Waals surface area contributed by atoms with Crippen molar-refractivity contribution in [1.82, 2.24) is 0 Å². The fraction of sp³-hybridized carbons (Fsp3) is 0.107. The number of fused-ring (bicyclic) bond motifs is 1. The molecule has 4 rings (SSSR count). The summed E-state index contributed by atoms with van der Waals surface area (Å²) in [7, 11) is 1.66. The Labute approximate surface area is 187 Å². The highest BCUT2D eigenvalue weighted by Gasteiger charge is 2.16. The normalized spacial score (nSPS) is 11.4. The van der Waals surface area contributed by atoms with Crippen LogP contribution in [0.4, 0.5) is 0 Å². The number of carbonyl (C=O) groups is 1. The maximum absolute atomic E-state index is 11.1. The highest BCUT2D eigenvalue weighted by atomic mass is 16.5. The first kappa shape index (κ1) is 21.2. The van der Waals surface area contributed by atoms with Gasteiger partial charge in [-0.15, -0.1) is 0 Å². The number of aryl methyl sites for hydroxylation is 1. The van der Waals surface area contributed by atoms with Crippen LogP contribution in [-0.2, 0) is 4.79 Å². The van der Waals surface area contributed by atoms with Gasteiger partial charge in [0, 0.05) is 16.5 Å². The first-order valence-electron chi connectivity index (χ1n) is 10.3. The number of carboxylic acid groups (broad SMARTS) is 1. The van der Waals surface area contributed by atoms with Gasteiger partial charge in [0.2, 0.25) is 0 Å². The van der Waals surface area contributed by atoms with Crippen molar-refractivity contribution >= 4 is 22.8 Å². The Morgan fingerprint density at radius 3 is 2.25 bits per heavy atom. The largest absolute Gasteiger partial charge is 0.497 e. The second-order valence-corrected chi connectivity index (χ2v) is 7.65. The van der Waals surface area contributed by atoms with E-state index in [0.29, 0.717) is 5.75 Å². The summed E-state index contributed by atoms with van der Waals surface area (Å²) in [5, 5.41) is 11.1. The maximum atomic E-state index is 11.1. The van der Waals surface area contributed by atoms with Crippen LogP contribution in [-0.4, -0.2) is 18.2 Å². The predicted molar refractivity (Wildman–Crippen MR) is 128 cm³/mol. The van der Waals surface area contributed by atoms with E-state index < -0.39 is 5.97 Å². The molecule has 4 aromatic carbocycles. The zero-order valence-corrected chi connectivity index (χ0v) is 18.3. The summed E-state index contributed by atoms with van der Waals surface area (Å²) in [5.74, 6) is 1.31. The van der Waals surface area contributed by atoms with Crippen LogP contribution < -0.4 is 9.47 Å². The molecule has 0 aliphatic heterocycles. The molecule has 0 bridgehead atoms. The molecule has 0 aliphatic rings. The Morgan fingerprint density at radius 1 is 0.906 bits per heavy atom. The van der Waals surface area contributed by atoms with Gasteiger partial charge in [-0.2, -0.15) is 0 Å². The van der Waals surface area contributed by atoms with E-state index in [1.807, 2.05) is 60.7 Å². The quantitative estimate of drug-likeness (QED) is 0.335. The van der Waals surface area contributed by atoms with Gasteiger partial charge in [-0.25, -0.2) is 4.79 Å². The smallest absolute Gasteiger partial charge is 0.331 e. The lowest BCUT2D eigenvalue weighted by molar-refractivity contribution is -0.132. The second-order valence-electron chi connectivity index (χ2n) is 7.65. The van der Waals surface area contributed by atoms with Gasteiger partial charge in [0.1, 0.15) is 17.2 Å². The first-order chi connectivity index (χ1) is 15.5. The molecule has 4 heteroatoms. The molecule has 0 amide bonds. The Hall–Kier alpha value is -4.05. The molecule has 4 aromatic rings. The van der Waals surface area contributed by atoms with E-state index >= 15 is 0 Å². The van der Waals surface area contributed by atoms with Gasteiger partial charge in [-0.3, -0.25) is 0 Å². The number of aliphatic carboxylic acids is 1. The van der Waals surface area contributed by atoms with Crippen molar-refractivity contribution in [2.24, 2.45) is 0 Å². The van der Waals surface area contributed by atoms with Gasteiger partial charge in [0.15, 0.2) is 0 Å². The molecule has 0 saturated heterocycles. The summed E-state index contributed by atoms with van der Waals surface area (Å²) in [6, 6.07) is 25.7. The van der Waals surface area contributed by atoms with Crippen LogP contribution in [0.5, 0.6) is 17.2 Å². The summed E-state index contributed by atoms with van der Waals surface area (Å²) in [6.07, 6.45) is 1.63. The minimum atomic E-state index is -0.931. The third kappa shape index (κ3) is 4.35. The molecule has 0 radical (unpaired) electrons. The Morgan fingerprint density at radius 2 is 1.59 bits per heavy atom. The lowest BCUT2D eigenvalue weighted by Crippen LogP contribution is -1.96. The molecule has 160 valence electrons. The van der Waals surface area contributed by atoms with Crippen LogP contribution in [0.2, 0.25) is 0 Å². The lowest BCUT2D eigenvalue weighted by atomic mass is 9.94. The Kier molecular flexibility index (Phi) is 5.95. The SMILES string of the molecule is COc1ccc2c(Oc3ccc(/C=C(\C)C(=O)O)cc3)c(-c3ccccc3)c(C)cc2c1. The molecule has 32 heavy (non-hydrogen) atoms. The molecule has 0 aliphatic carbocycles. The van der Waals surface area contributed by atoms with Crippen LogP contribution in [0, 0.1) is 6.92 Å². The van der Waals surface area contributed by atoms with E-state index in [1.54, 1.807) is 20.1 Å². The van der Waals surface area contributed by atoms with Gasteiger partial charge < -0.3 is 14.6 Å². The number of benzene rings is 4. The third-order valence-electron chi connectivity index (χ3n) is 5.38. The molecule has 0 saturated carbocycles. The van der Waals surface area contributed by atoms with Gasteiger partial charge in [-0.05, 0) is 72.3 Å². The summed E-state index contributed by atoms with van der Waals surface area (Å²) in [6.45, 7) is 3.66. The summed E-state index contributed by atoms with van der Waals surface area (Å²) in [5.41, 5.74) is 4.30. The number of hydrogen-bond acceptors (Lipinski definition) is 3. The van der Waals surface area contributed by atoms with E-state index in [4.69, 9.17) is 14.6 Å². The first-order valence-corrected chi connectivity index (χ1v) is 10.3. The fourth-order valence-electron chi connectivity index (χ4n) is 3.74. The molecule has 0 heterocycles. The molecular weight excluding hydrogens is 400 g/mol. The minimum Gasteiger partial charge on any atom is -0.497 e. The number of ether oxygens (including phenoxy) is 2. The Balaban J connectivity index is 1.83. The Bertz CT molecular complexity index is 1300. The summed E-state index contributed by atoms with van der Waals surface area (Å²) >= 11 is 0. The molecule has 1 N–H and O–H groups in total. The van der Waals surface area contributed by atoms with Crippen LogP contribution >= 0.6 is 0 Å². The van der Waals surface area contributed by atoms with Crippen molar-refractivity contribution in [3.05, 3.63) is 95.6 Å². The second kappa shape index (κ2) is 8.98. The van der Waals surface area contributed by atoms with E-state index in [-0.39, 0.29) is 5.57 Å². The van der Waals surface area contributed by atoms with E-state index in [9.17, 15) is 4.79 Å². The monoisotopic (exact) mass is 424 g/mol. The van der Waals surface area contributed by atoms with Crippen molar-refractivity contribution in [3.8, 4) is 28.4 Å². The van der Waals surface area contributed by atoms with Gasteiger partial charge >= 0.3 is 5.97 Å². The molecule has 4 nitrogen and oxygen atoms in total. The number of carboxylic acids is 1. The molecule has 0 unspecified atom stereocenters. The van der Waals surface area contributed by atoms with Crippen LogP contribution in [0.3, 0.4) is 0 Å². The van der Waals surface area contributed by atoms with Gasteiger partial charge in [0.25, 0.3) is 0 Å². The maximum Gasteiger partial charge on any atom is 0.331 e. The highest BCUT2D eigenvalue weighted by Crippen LogP contribution is 2.42. The van der Waals surface area contributed by atoms with E-state index in [1.165, 1.54) is 0 Å². The summed E-state index contributed by atoms with van der Waals surface area (Å²) in [4.78, 5) is 11.1. The van der Waals surface area contributed by atoms with E-state index in [2.05, 4.69) is 25.1 Å². The van der Waals surface area contributed by atoms with Crippen LogP contribution in [0.25, 0.3) is 28.0 Å². The summed E-state index contributed by atoms with van der Waals surface area (Å²) < 4.78 is 11.9. The van der Waals surface area contributed by atoms with Gasteiger partial charge in [-0.1, -0.05) is 48.5 Å². The predicted octanol–water partition coefficient (Wildman–Crippen LogP) is 7.10. The van der Waals surface area contributed by atoms with Crippen molar-refractivity contribution < 1.29 is 19.4 Å². The molecule has 0 spiro atoms. The van der Waals surface area contributed by atoms with Crippen LogP contribution in [0.15, 0.2) is 84.4 Å². The van der Waals surface area contributed by atoms with Gasteiger partial charge in [0.05, 0.1) is 7.11 Å². The minimum absolute atomic E-state index is 0.281. The zero-order chi connectivity index (χ0) is 22.7. The third-order valence-corrected chi connectivity index (χ3v) is 5.38.